The fraction of sp³-hybridized carbons (Fsp3) is 0.650. The Bertz CT molecular complexity index is 502. The Morgan fingerprint density at radius 2 is 1.88 bits per heavy atom. The van der Waals surface area contributed by atoms with Crippen LogP contribution in [0.25, 0.3) is 0 Å². The van der Waals surface area contributed by atoms with E-state index in [1.54, 1.807) is 0 Å². The summed E-state index contributed by atoms with van der Waals surface area (Å²) in [5.74, 6) is 1.66. The molecule has 0 radical (unpaired) electrons. The monoisotopic (exact) mass is 330 g/mol. The van der Waals surface area contributed by atoms with Crippen LogP contribution in [0.5, 0.6) is 0 Å². The SMILES string of the molecule is CN=C(NCCN(C(C)C)C(C)C)N1CCC(c2ccccc2)C1. The molecule has 0 spiro atoms. The van der Waals surface area contributed by atoms with Gasteiger partial charge in [0.15, 0.2) is 5.96 Å². The molecule has 0 aliphatic carbocycles. The third-order valence-electron chi connectivity index (χ3n) is 4.95. The zero-order chi connectivity index (χ0) is 17.5. The average Bonchev–Trinajstić information content (AvgIpc) is 3.05. The zero-order valence-corrected chi connectivity index (χ0v) is 16.0. The molecular formula is C20H34N4. The van der Waals surface area contributed by atoms with Crippen molar-refractivity contribution in [1.82, 2.24) is 15.1 Å². The largest absolute Gasteiger partial charge is 0.355 e. The first kappa shape index (κ1) is 18.8. The molecule has 2 rings (SSSR count). The molecule has 1 aliphatic rings. The minimum Gasteiger partial charge on any atom is -0.355 e. The topological polar surface area (TPSA) is 30.9 Å². The van der Waals surface area contributed by atoms with Crippen molar-refractivity contribution < 1.29 is 0 Å². The normalized spacial score (nSPS) is 18.9. The maximum atomic E-state index is 4.50. The van der Waals surface area contributed by atoms with Crippen molar-refractivity contribution in [2.45, 2.75) is 52.1 Å². The number of nitrogens with one attached hydrogen (secondary N) is 1. The van der Waals surface area contributed by atoms with Gasteiger partial charge in [0.05, 0.1) is 0 Å². The molecule has 1 atom stereocenters. The summed E-state index contributed by atoms with van der Waals surface area (Å²) in [4.78, 5) is 9.40. The number of aliphatic imine (C=N–C) groups is 1. The first-order valence-corrected chi connectivity index (χ1v) is 9.29. The maximum Gasteiger partial charge on any atom is 0.193 e. The molecule has 0 bridgehead atoms. The zero-order valence-electron chi connectivity index (χ0n) is 16.0. The maximum absolute atomic E-state index is 4.50. The van der Waals surface area contributed by atoms with E-state index in [1.165, 1.54) is 12.0 Å². The number of hydrogen-bond donors (Lipinski definition) is 1. The van der Waals surface area contributed by atoms with Crippen LogP contribution < -0.4 is 5.32 Å². The van der Waals surface area contributed by atoms with Crippen LogP contribution in [0, 0.1) is 0 Å². The Kier molecular flexibility index (Phi) is 7.10. The molecule has 1 fully saturated rings. The Labute approximate surface area is 147 Å². The van der Waals surface area contributed by atoms with E-state index in [9.17, 15) is 0 Å². The lowest BCUT2D eigenvalue weighted by molar-refractivity contribution is 0.178. The first-order chi connectivity index (χ1) is 11.5. The molecule has 1 aromatic carbocycles. The lowest BCUT2D eigenvalue weighted by Gasteiger charge is -2.31. The van der Waals surface area contributed by atoms with Crippen molar-refractivity contribution in [2.75, 3.05) is 33.2 Å². The molecule has 1 heterocycles. The van der Waals surface area contributed by atoms with Gasteiger partial charge >= 0.3 is 0 Å². The first-order valence-electron chi connectivity index (χ1n) is 9.29. The van der Waals surface area contributed by atoms with E-state index < -0.39 is 0 Å². The van der Waals surface area contributed by atoms with Crippen LogP contribution >= 0.6 is 0 Å². The van der Waals surface area contributed by atoms with E-state index in [-0.39, 0.29) is 0 Å². The summed E-state index contributed by atoms with van der Waals surface area (Å²) < 4.78 is 0. The molecule has 1 N–H and O–H groups in total. The molecule has 0 aromatic heterocycles. The highest BCUT2D eigenvalue weighted by Crippen LogP contribution is 2.26. The Morgan fingerprint density at radius 3 is 2.46 bits per heavy atom. The van der Waals surface area contributed by atoms with Crippen molar-refractivity contribution in [2.24, 2.45) is 4.99 Å². The molecule has 4 nitrogen and oxygen atoms in total. The van der Waals surface area contributed by atoms with Crippen LogP contribution in [0.15, 0.2) is 35.3 Å². The van der Waals surface area contributed by atoms with Crippen LogP contribution in [-0.4, -0.2) is 61.1 Å². The number of hydrogen-bond acceptors (Lipinski definition) is 2. The average molecular weight is 331 g/mol. The number of likely N-dealkylation sites (tertiary alicyclic amines) is 1. The molecule has 0 amide bonds. The fourth-order valence-electron chi connectivity index (χ4n) is 3.69. The summed E-state index contributed by atoms with van der Waals surface area (Å²) in [6.45, 7) is 13.2. The molecule has 24 heavy (non-hydrogen) atoms. The van der Waals surface area contributed by atoms with Crippen molar-refractivity contribution >= 4 is 5.96 Å². The van der Waals surface area contributed by atoms with Crippen LogP contribution in [0.1, 0.15) is 45.6 Å². The van der Waals surface area contributed by atoms with Crippen LogP contribution in [0.2, 0.25) is 0 Å². The van der Waals surface area contributed by atoms with Crippen molar-refractivity contribution in [1.29, 1.82) is 0 Å². The second-order valence-electron chi connectivity index (χ2n) is 7.24. The number of nitrogens with zero attached hydrogens (tertiary/aromatic N) is 3. The number of benzene rings is 1. The van der Waals surface area contributed by atoms with E-state index in [2.05, 4.69) is 78.1 Å². The van der Waals surface area contributed by atoms with Crippen molar-refractivity contribution in [3.63, 3.8) is 0 Å². The summed E-state index contributed by atoms with van der Waals surface area (Å²) in [7, 11) is 1.89. The standard InChI is InChI=1S/C20H34N4/c1-16(2)24(17(3)4)14-12-22-20(21-5)23-13-11-19(15-23)18-9-7-6-8-10-18/h6-10,16-17,19H,11-15H2,1-5H3,(H,21,22). The van der Waals surface area contributed by atoms with Gasteiger partial charge in [0.2, 0.25) is 0 Å². The summed E-state index contributed by atoms with van der Waals surface area (Å²) in [6, 6.07) is 12.0. The molecule has 1 aromatic rings. The minimum absolute atomic E-state index is 0.572. The molecule has 0 saturated carbocycles. The second kappa shape index (κ2) is 9.07. The highest BCUT2D eigenvalue weighted by Gasteiger charge is 2.25. The molecule has 4 heteroatoms. The number of guanidine groups is 1. The van der Waals surface area contributed by atoms with Gasteiger partial charge in [0.1, 0.15) is 0 Å². The van der Waals surface area contributed by atoms with Gasteiger partial charge in [-0.3, -0.25) is 9.89 Å². The highest BCUT2D eigenvalue weighted by atomic mass is 15.3. The third-order valence-corrected chi connectivity index (χ3v) is 4.95. The quantitative estimate of drug-likeness (QED) is 0.642. The fourth-order valence-corrected chi connectivity index (χ4v) is 3.69. The Hall–Kier alpha value is -1.55. The molecule has 1 saturated heterocycles. The summed E-state index contributed by atoms with van der Waals surface area (Å²) in [5, 5.41) is 3.56. The van der Waals surface area contributed by atoms with Gasteiger partial charge in [-0.05, 0) is 39.7 Å². The van der Waals surface area contributed by atoms with Gasteiger partial charge in [0, 0.05) is 51.2 Å². The van der Waals surface area contributed by atoms with Gasteiger partial charge in [-0.1, -0.05) is 30.3 Å². The minimum atomic E-state index is 0.572. The van der Waals surface area contributed by atoms with Gasteiger partial charge in [-0.15, -0.1) is 0 Å². The molecule has 134 valence electrons. The van der Waals surface area contributed by atoms with Crippen molar-refractivity contribution in [3.05, 3.63) is 35.9 Å². The van der Waals surface area contributed by atoms with Crippen LogP contribution in [0.3, 0.4) is 0 Å². The smallest absolute Gasteiger partial charge is 0.193 e. The summed E-state index contributed by atoms with van der Waals surface area (Å²) in [5.41, 5.74) is 1.45. The van der Waals surface area contributed by atoms with Crippen LogP contribution in [0.4, 0.5) is 0 Å². The summed E-state index contributed by atoms with van der Waals surface area (Å²) in [6.07, 6.45) is 1.20. The predicted octanol–water partition coefficient (Wildman–Crippen LogP) is 3.17. The Balaban J connectivity index is 1.84. The van der Waals surface area contributed by atoms with Gasteiger partial charge in [-0.2, -0.15) is 0 Å². The van der Waals surface area contributed by atoms with E-state index >= 15 is 0 Å². The van der Waals surface area contributed by atoms with E-state index in [0.717, 1.165) is 32.1 Å². The van der Waals surface area contributed by atoms with Crippen LogP contribution in [-0.2, 0) is 0 Å². The second-order valence-corrected chi connectivity index (χ2v) is 7.24. The van der Waals surface area contributed by atoms with E-state index in [0.29, 0.717) is 18.0 Å². The lowest BCUT2D eigenvalue weighted by Crippen LogP contribution is -2.46. The molecule has 1 aliphatic heterocycles. The highest BCUT2D eigenvalue weighted by molar-refractivity contribution is 5.80. The Morgan fingerprint density at radius 1 is 1.21 bits per heavy atom. The van der Waals surface area contributed by atoms with Gasteiger partial charge < -0.3 is 10.2 Å². The summed E-state index contributed by atoms with van der Waals surface area (Å²) >= 11 is 0. The van der Waals surface area contributed by atoms with E-state index in [4.69, 9.17) is 0 Å². The lowest BCUT2D eigenvalue weighted by atomic mass is 9.99. The molecular weight excluding hydrogens is 296 g/mol. The predicted molar refractivity (Wildman–Crippen MR) is 104 cm³/mol. The third kappa shape index (κ3) is 4.97. The number of rotatable bonds is 6. The van der Waals surface area contributed by atoms with Gasteiger partial charge in [-0.25, -0.2) is 0 Å². The van der Waals surface area contributed by atoms with Gasteiger partial charge in [0.25, 0.3) is 0 Å². The van der Waals surface area contributed by atoms with E-state index in [1.807, 2.05) is 7.05 Å². The van der Waals surface area contributed by atoms with Crippen molar-refractivity contribution in [3.8, 4) is 0 Å². The molecule has 1 unspecified atom stereocenters.